The van der Waals surface area contributed by atoms with E-state index in [1.165, 1.54) is 0 Å². The highest BCUT2D eigenvalue weighted by molar-refractivity contribution is 5.84. The van der Waals surface area contributed by atoms with Crippen LogP contribution < -0.4 is 11.1 Å². The van der Waals surface area contributed by atoms with Gasteiger partial charge in [0.05, 0.1) is 6.10 Å². The first kappa shape index (κ1) is 12.7. The summed E-state index contributed by atoms with van der Waals surface area (Å²) in [6.45, 7) is 7.05. The van der Waals surface area contributed by atoms with E-state index in [4.69, 9.17) is 10.5 Å². The van der Waals surface area contributed by atoms with Crippen LogP contribution in [-0.2, 0) is 9.53 Å². The van der Waals surface area contributed by atoms with Gasteiger partial charge in [-0.05, 0) is 19.8 Å². The second-order valence-electron chi connectivity index (χ2n) is 3.72. The topological polar surface area (TPSA) is 81.4 Å². The van der Waals surface area contributed by atoms with Crippen molar-refractivity contribution in [2.45, 2.75) is 39.8 Å². The maximum atomic E-state index is 11.1. The third kappa shape index (κ3) is 4.69. The number of hydrogen-bond acceptors (Lipinski definition) is 3. The Kier molecular flexibility index (Phi) is 4.97. The van der Waals surface area contributed by atoms with Gasteiger partial charge < -0.3 is 15.8 Å². The van der Waals surface area contributed by atoms with Gasteiger partial charge in [0.2, 0.25) is 5.91 Å². The molecule has 0 saturated heterocycles. The minimum atomic E-state index is -0.679. The van der Waals surface area contributed by atoms with Gasteiger partial charge in [0.1, 0.15) is 6.04 Å². The van der Waals surface area contributed by atoms with Crippen molar-refractivity contribution >= 4 is 12.0 Å². The molecule has 5 nitrogen and oxygen atoms in total. The van der Waals surface area contributed by atoms with Gasteiger partial charge in [-0.1, -0.05) is 13.8 Å². The van der Waals surface area contributed by atoms with Gasteiger partial charge in [-0.3, -0.25) is 4.79 Å². The Hall–Kier alpha value is -1.26. The molecule has 0 spiro atoms. The number of alkyl carbamates (subject to hydrolysis) is 1. The molecule has 5 heteroatoms. The third-order valence-electron chi connectivity index (χ3n) is 1.59. The molecule has 0 aromatic rings. The minimum Gasteiger partial charge on any atom is -0.447 e. The van der Waals surface area contributed by atoms with Crippen molar-refractivity contribution in [3.8, 4) is 0 Å². The van der Waals surface area contributed by atoms with E-state index in [0.29, 0.717) is 0 Å². The monoisotopic (exact) mass is 202 g/mol. The molecule has 0 aromatic carbocycles. The van der Waals surface area contributed by atoms with Crippen LogP contribution in [0.2, 0.25) is 0 Å². The van der Waals surface area contributed by atoms with E-state index in [9.17, 15) is 9.59 Å². The van der Waals surface area contributed by atoms with Crippen molar-refractivity contribution in [3.05, 3.63) is 0 Å². The second kappa shape index (κ2) is 5.47. The summed E-state index contributed by atoms with van der Waals surface area (Å²) < 4.78 is 4.82. The van der Waals surface area contributed by atoms with E-state index < -0.39 is 18.0 Å². The lowest BCUT2D eigenvalue weighted by atomic mass is 10.0. The van der Waals surface area contributed by atoms with Gasteiger partial charge in [0.15, 0.2) is 0 Å². The van der Waals surface area contributed by atoms with E-state index in [1.807, 2.05) is 0 Å². The Morgan fingerprint density at radius 2 is 1.71 bits per heavy atom. The summed E-state index contributed by atoms with van der Waals surface area (Å²) in [6.07, 6.45) is -0.826. The molecule has 2 amide bonds. The standard InChI is InChI=1S/C9H18N2O3/c1-5(2)7(8(10)12)11-9(13)14-6(3)4/h5-7H,1-4H3,(H2,10,12)(H,11,13)/t7-/m1/s1. The summed E-state index contributed by atoms with van der Waals surface area (Å²) >= 11 is 0. The van der Waals surface area contributed by atoms with E-state index in [-0.39, 0.29) is 12.0 Å². The molecule has 0 aliphatic carbocycles. The molecule has 0 fully saturated rings. The van der Waals surface area contributed by atoms with Crippen molar-refractivity contribution in [2.75, 3.05) is 0 Å². The summed E-state index contributed by atoms with van der Waals surface area (Å²) in [6, 6.07) is -0.679. The number of nitrogens with one attached hydrogen (secondary N) is 1. The fraction of sp³-hybridized carbons (Fsp3) is 0.778. The SMILES string of the molecule is CC(C)OC(=O)N[C@@H](C(N)=O)C(C)C. The maximum absolute atomic E-state index is 11.1. The van der Waals surface area contributed by atoms with Crippen LogP contribution in [0.15, 0.2) is 0 Å². The molecule has 0 aliphatic rings. The lowest BCUT2D eigenvalue weighted by Gasteiger charge is -2.19. The first-order valence-electron chi connectivity index (χ1n) is 4.61. The molecule has 82 valence electrons. The molecular weight excluding hydrogens is 184 g/mol. The fourth-order valence-corrected chi connectivity index (χ4v) is 0.941. The number of carbonyl (C=O) groups is 2. The molecule has 3 N–H and O–H groups in total. The second-order valence-corrected chi connectivity index (χ2v) is 3.72. The highest BCUT2D eigenvalue weighted by atomic mass is 16.6. The van der Waals surface area contributed by atoms with Crippen LogP contribution in [0.1, 0.15) is 27.7 Å². The number of primary amides is 1. The van der Waals surface area contributed by atoms with Crippen molar-refractivity contribution in [1.29, 1.82) is 0 Å². The van der Waals surface area contributed by atoms with Crippen LogP contribution in [0.4, 0.5) is 4.79 Å². The molecule has 0 saturated carbocycles. The summed E-state index contributed by atoms with van der Waals surface area (Å²) in [7, 11) is 0. The first-order chi connectivity index (χ1) is 6.34. The number of rotatable bonds is 4. The number of carbonyl (C=O) groups excluding carboxylic acids is 2. The van der Waals surface area contributed by atoms with Crippen molar-refractivity contribution in [1.82, 2.24) is 5.32 Å². The Morgan fingerprint density at radius 1 is 1.21 bits per heavy atom. The molecule has 1 atom stereocenters. The van der Waals surface area contributed by atoms with E-state index in [0.717, 1.165) is 0 Å². The van der Waals surface area contributed by atoms with Crippen LogP contribution >= 0.6 is 0 Å². The molecule has 0 aromatic heterocycles. The number of hydrogen-bond donors (Lipinski definition) is 2. The predicted octanol–water partition coefficient (Wildman–Crippen LogP) is 0.631. The van der Waals surface area contributed by atoms with Gasteiger partial charge in [-0.25, -0.2) is 4.79 Å². The highest BCUT2D eigenvalue weighted by Gasteiger charge is 2.22. The number of ether oxygens (including phenoxy) is 1. The number of amides is 2. The average Bonchev–Trinajstić information content (AvgIpc) is 1.97. The minimum absolute atomic E-state index is 0.0489. The molecule has 0 heterocycles. The van der Waals surface area contributed by atoms with E-state index >= 15 is 0 Å². The largest absolute Gasteiger partial charge is 0.447 e. The third-order valence-corrected chi connectivity index (χ3v) is 1.59. The summed E-state index contributed by atoms with van der Waals surface area (Å²) in [5, 5.41) is 2.41. The fourth-order valence-electron chi connectivity index (χ4n) is 0.941. The van der Waals surface area contributed by atoms with E-state index in [1.54, 1.807) is 27.7 Å². The zero-order chi connectivity index (χ0) is 11.3. The number of nitrogens with two attached hydrogens (primary N) is 1. The molecule has 0 unspecified atom stereocenters. The molecule has 0 aliphatic heterocycles. The molecule has 14 heavy (non-hydrogen) atoms. The predicted molar refractivity (Wildman–Crippen MR) is 52.6 cm³/mol. The van der Waals surface area contributed by atoms with Crippen LogP contribution in [0.5, 0.6) is 0 Å². The lowest BCUT2D eigenvalue weighted by molar-refractivity contribution is -0.120. The quantitative estimate of drug-likeness (QED) is 0.701. The van der Waals surface area contributed by atoms with Crippen LogP contribution in [0, 0.1) is 5.92 Å². The van der Waals surface area contributed by atoms with Gasteiger partial charge in [0.25, 0.3) is 0 Å². The zero-order valence-electron chi connectivity index (χ0n) is 9.03. The average molecular weight is 202 g/mol. The Bertz CT molecular complexity index is 214. The first-order valence-corrected chi connectivity index (χ1v) is 4.61. The van der Waals surface area contributed by atoms with Gasteiger partial charge in [-0.2, -0.15) is 0 Å². The van der Waals surface area contributed by atoms with Crippen LogP contribution in [0.25, 0.3) is 0 Å². The summed E-state index contributed by atoms with van der Waals surface area (Å²) in [5.74, 6) is -0.604. The van der Waals surface area contributed by atoms with Crippen molar-refractivity contribution in [3.63, 3.8) is 0 Å². The van der Waals surface area contributed by atoms with Crippen LogP contribution in [0.3, 0.4) is 0 Å². The molecule has 0 radical (unpaired) electrons. The normalized spacial score (nSPS) is 12.7. The van der Waals surface area contributed by atoms with Crippen LogP contribution in [-0.4, -0.2) is 24.1 Å². The van der Waals surface area contributed by atoms with Gasteiger partial charge in [0, 0.05) is 0 Å². The molecule has 0 bridgehead atoms. The lowest BCUT2D eigenvalue weighted by Crippen LogP contribution is -2.48. The molecule has 0 rings (SSSR count). The van der Waals surface area contributed by atoms with Crippen molar-refractivity contribution in [2.24, 2.45) is 11.7 Å². The summed E-state index contributed by atoms with van der Waals surface area (Å²) in [4.78, 5) is 22.0. The van der Waals surface area contributed by atoms with E-state index in [2.05, 4.69) is 5.32 Å². The van der Waals surface area contributed by atoms with Crippen molar-refractivity contribution < 1.29 is 14.3 Å². The summed E-state index contributed by atoms with van der Waals surface area (Å²) in [5.41, 5.74) is 5.11. The Labute approximate surface area is 84.0 Å². The maximum Gasteiger partial charge on any atom is 0.408 e. The smallest absolute Gasteiger partial charge is 0.408 e. The van der Waals surface area contributed by atoms with Gasteiger partial charge >= 0.3 is 6.09 Å². The molecular formula is C9H18N2O3. The highest BCUT2D eigenvalue weighted by Crippen LogP contribution is 2.01. The van der Waals surface area contributed by atoms with Gasteiger partial charge in [-0.15, -0.1) is 0 Å². The Balaban J connectivity index is 4.17. The zero-order valence-corrected chi connectivity index (χ0v) is 9.03. The Morgan fingerprint density at radius 3 is 2.00 bits per heavy atom.